The quantitative estimate of drug-likeness (QED) is 0.464. The number of hydrogen-bond acceptors (Lipinski definition) is 6. The number of quaternary nitrogens is 1. The first-order valence-electron chi connectivity index (χ1n) is 13.0. The molecule has 2 heterocycles. The van der Waals surface area contributed by atoms with E-state index < -0.39 is 6.61 Å². The lowest BCUT2D eigenvalue weighted by molar-refractivity contribution is -0.648. The number of anilines is 1. The van der Waals surface area contributed by atoms with Crippen molar-refractivity contribution in [3.63, 3.8) is 0 Å². The Bertz CT molecular complexity index is 1000. The molecule has 5 N–H and O–H groups in total. The lowest BCUT2D eigenvalue weighted by Crippen LogP contribution is -2.88. The van der Waals surface area contributed by atoms with Crippen LogP contribution in [0.25, 0.3) is 0 Å². The minimum Gasteiger partial charge on any atom is -0.431 e. The molecule has 6 unspecified atom stereocenters. The average Bonchev–Trinajstić information content (AvgIpc) is 3.07. The molecule has 4 bridgehead atoms. The molecule has 6 rings (SSSR count). The van der Waals surface area contributed by atoms with Crippen LogP contribution in [0.15, 0.2) is 24.0 Å². The van der Waals surface area contributed by atoms with E-state index in [4.69, 9.17) is 11.1 Å². The van der Waals surface area contributed by atoms with Crippen molar-refractivity contribution in [2.24, 2.45) is 23.2 Å². The number of hydrogen-bond donors (Lipinski definition) is 3. The number of halogens is 2. The summed E-state index contributed by atoms with van der Waals surface area (Å²) in [6.07, 6.45) is 8.20. The van der Waals surface area contributed by atoms with Crippen molar-refractivity contribution in [3.05, 3.63) is 29.6 Å². The van der Waals surface area contributed by atoms with E-state index in [0.717, 1.165) is 25.4 Å². The topological polar surface area (TPSA) is 95.1 Å². The molecule has 1 saturated heterocycles. The van der Waals surface area contributed by atoms with E-state index in [1.165, 1.54) is 50.3 Å². The fourth-order valence-electron chi connectivity index (χ4n) is 7.34. The van der Waals surface area contributed by atoms with Crippen LogP contribution in [0.4, 0.5) is 14.6 Å². The maximum atomic E-state index is 12.8. The summed E-state index contributed by atoms with van der Waals surface area (Å²) in [5.74, 6) is 1.82. The van der Waals surface area contributed by atoms with Crippen molar-refractivity contribution in [1.82, 2.24) is 14.8 Å². The van der Waals surface area contributed by atoms with E-state index in [0.29, 0.717) is 29.5 Å². The van der Waals surface area contributed by atoms with E-state index in [2.05, 4.69) is 45.7 Å². The van der Waals surface area contributed by atoms with E-state index in [9.17, 15) is 8.78 Å². The lowest BCUT2D eigenvalue weighted by Gasteiger charge is -2.30. The number of rotatable bonds is 9. The Morgan fingerprint density at radius 2 is 2.17 bits per heavy atom. The highest BCUT2D eigenvalue weighted by Gasteiger charge is 2.82. The van der Waals surface area contributed by atoms with Gasteiger partial charge in [0, 0.05) is 37.0 Å². The van der Waals surface area contributed by atoms with Crippen molar-refractivity contribution >= 4 is 11.5 Å². The van der Waals surface area contributed by atoms with Gasteiger partial charge in [-0.1, -0.05) is 6.92 Å². The maximum Gasteiger partial charge on any atom is 0.387 e. The number of pyridine rings is 1. The molecule has 192 valence electrons. The van der Waals surface area contributed by atoms with Crippen molar-refractivity contribution in [1.29, 1.82) is 5.41 Å². The molecule has 9 heteroatoms. The summed E-state index contributed by atoms with van der Waals surface area (Å²) in [4.78, 5) is 9.20. The smallest absolute Gasteiger partial charge is 0.387 e. The van der Waals surface area contributed by atoms with E-state index in [-0.39, 0.29) is 22.7 Å². The molecule has 5 fully saturated rings. The summed E-state index contributed by atoms with van der Waals surface area (Å²) in [7, 11) is 2.22. The van der Waals surface area contributed by atoms with Crippen molar-refractivity contribution in [2.75, 3.05) is 39.0 Å². The third-order valence-electron chi connectivity index (χ3n) is 9.12. The average molecular weight is 490 g/mol. The third kappa shape index (κ3) is 4.36. The second-order valence-corrected chi connectivity index (χ2v) is 11.1. The van der Waals surface area contributed by atoms with Gasteiger partial charge in [-0.3, -0.25) is 10.3 Å². The molecule has 0 aromatic carbocycles. The Morgan fingerprint density at radius 1 is 1.37 bits per heavy atom. The van der Waals surface area contributed by atoms with Gasteiger partial charge in [-0.15, -0.1) is 0 Å². The van der Waals surface area contributed by atoms with Gasteiger partial charge in [-0.05, 0) is 76.6 Å². The first kappa shape index (κ1) is 24.6. The fraction of sp³-hybridized carbons (Fsp3) is 0.692. The summed E-state index contributed by atoms with van der Waals surface area (Å²) in [6, 6.07) is 2.47. The minimum atomic E-state index is -2.99. The molecular formula is C26H39F2N6O+. The summed E-state index contributed by atoms with van der Waals surface area (Å²) in [5.41, 5.74) is 7.84. The van der Waals surface area contributed by atoms with E-state index >= 15 is 0 Å². The standard InChI is InChI=1S/C26H38F2N6O/c1-4-15(2)32-21(12-19(29)17-11-20(35-25(27)28)24(30)31-14-17)26-13-16-10-18(26)22(26)23(16)34-7-5-6-33(3)8-9-34/h11-12,14-16,18,22-23,25,29,32H,4-10,13H2,1-3H3,(H2,30,31)/p+1. The lowest BCUT2D eigenvalue weighted by atomic mass is 9.95. The molecule has 4 aliphatic carbocycles. The Balaban J connectivity index is 1.41. The summed E-state index contributed by atoms with van der Waals surface area (Å²) in [5, 5.41) is 11.2. The van der Waals surface area contributed by atoms with Crippen LogP contribution >= 0.6 is 0 Å². The zero-order valence-electron chi connectivity index (χ0n) is 21.0. The maximum absolute atomic E-state index is 12.8. The van der Waals surface area contributed by atoms with Crippen LogP contribution in [0, 0.1) is 28.6 Å². The SMILES string of the molecule is CCC(C)[NH2+]C(=CC(=N)c1cnc(N)c(OC(F)F)c1)C12CC3CC1C2C3N1CCCN(C)CC1. The largest absolute Gasteiger partial charge is 0.431 e. The van der Waals surface area contributed by atoms with Crippen LogP contribution < -0.4 is 15.8 Å². The van der Waals surface area contributed by atoms with Gasteiger partial charge in [0.15, 0.2) is 11.6 Å². The van der Waals surface area contributed by atoms with Crippen molar-refractivity contribution < 1.29 is 18.8 Å². The van der Waals surface area contributed by atoms with Gasteiger partial charge < -0.3 is 20.7 Å². The van der Waals surface area contributed by atoms with Gasteiger partial charge in [-0.2, -0.15) is 8.78 Å². The van der Waals surface area contributed by atoms with Gasteiger partial charge in [0.2, 0.25) is 0 Å². The highest BCUT2D eigenvalue weighted by Crippen LogP contribution is 2.81. The molecular weight excluding hydrogens is 450 g/mol. The summed E-state index contributed by atoms with van der Waals surface area (Å²) in [6.45, 7) is 6.06. The van der Waals surface area contributed by atoms with Crippen LogP contribution in [0.1, 0.15) is 45.1 Å². The Hall–Kier alpha value is -2.10. The summed E-state index contributed by atoms with van der Waals surface area (Å²) >= 11 is 0. The zero-order valence-corrected chi connectivity index (χ0v) is 21.0. The number of allylic oxidation sites excluding steroid dienone is 2. The molecule has 5 aliphatic rings. The number of aromatic nitrogens is 1. The second-order valence-electron chi connectivity index (χ2n) is 11.1. The molecule has 4 saturated carbocycles. The van der Waals surface area contributed by atoms with Crippen molar-refractivity contribution in [3.8, 4) is 5.75 Å². The Morgan fingerprint density at radius 3 is 2.89 bits per heavy atom. The number of nitrogen functional groups attached to an aromatic ring is 1. The number of ether oxygens (including phenoxy) is 1. The minimum absolute atomic E-state index is 0.0966. The third-order valence-corrected chi connectivity index (χ3v) is 9.12. The molecule has 0 amide bonds. The highest BCUT2D eigenvalue weighted by atomic mass is 19.3. The fourth-order valence-corrected chi connectivity index (χ4v) is 7.34. The highest BCUT2D eigenvalue weighted by molar-refractivity contribution is 6.07. The van der Waals surface area contributed by atoms with Crippen LogP contribution in [0.5, 0.6) is 5.75 Å². The predicted octanol–water partition coefficient (Wildman–Crippen LogP) is 2.54. The first-order chi connectivity index (χ1) is 16.7. The predicted molar refractivity (Wildman–Crippen MR) is 131 cm³/mol. The van der Waals surface area contributed by atoms with Gasteiger partial charge in [-0.25, -0.2) is 4.98 Å². The second kappa shape index (κ2) is 9.41. The van der Waals surface area contributed by atoms with Crippen LogP contribution in [0.3, 0.4) is 0 Å². The number of nitrogens with two attached hydrogens (primary N) is 2. The first-order valence-corrected chi connectivity index (χ1v) is 13.0. The monoisotopic (exact) mass is 489 g/mol. The van der Waals surface area contributed by atoms with Gasteiger partial charge in [0.05, 0.1) is 17.2 Å². The van der Waals surface area contributed by atoms with Crippen LogP contribution in [-0.2, 0) is 0 Å². The Labute approximate surface area is 206 Å². The zero-order chi connectivity index (χ0) is 24.9. The van der Waals surface area contributed by atoms with Gasteiger partial charge in [0.1, 0.15) is 5.70 Å². The molecule has 1 aliphatic heterocycles. The molecule has 0 spiro atoms. The van der Waals surface area contributed by atoms with Gasteiger partial charge >= 0.3 is 6.61 Å². The molecule has 1 aromatic rings. The number of likely N-dealkylation sites (N-methyl/N-ethyl adjacent to an activating group) is 1. The number of nitrogens with one attached hydrogen (secondary N) is 1. The molecule has 0 radical (unpaired) electrons. The number of nitrogens with zero attached hydrogens (tertiary/aromatic N) is 3. The summed E-state index contributed by atoms with van der Waals surface area (Å²) < 4.78 is 30.1. The molecule has 35 heavy (non-hydrogen) atoms. The Kier molecular flexibility index (Phi) is 6.61. The van der Waals surface area contributed by atoms with Crippen molar-refractivity contribution in [2.45, 2.75) is 58.2 Å². The number of alkyl halides is 2. The van der Waals surface area contributed by atoms with E-state index in [1.54, 1.807) is 0 Å². The van der Waals surface area contributed by atoms with Gasteiger partial charge in [0.25, 0.3) is 0 Å². The van der Waals surface area contributed by atoms with Crippen LogP contribution in [0.2, 0.25) is 0 Å². The van der Waals surface area contributed by atoms with E-state index in [1.807, 2.05) is 6.08 Å². The normalized spacial score (nSPS) is 33.7. The molecule has 1 aromatic heterocycles. The van der Waals surface area contributed by atoms with Crippen LogP contribution in [-0.4, -0.2) is 72.4 Å². The molecule has 7 nitrogen and oxygen atoms in total. The molecule has 6 atom stereocenters.